The molecule has 2 N–H and O–H groups in total. The number of piperidine rings is 1. The van der Waals surface area contributed by atoms with Crippen molar-refractivity contribution in [2.75, 3.05) is 19.7 Å². The van der Waals surface area contributed by atoms with Gasteiger partial charge in [-0.15, -0.1) is 0 Å². The average molecular weight is 361 g/mol. The van der Waals surface area contributed by atoms with E-state index in [1.54, 1.807) is 4.90 Å². The van der Waals surface area contributed by atoms with Crippen LogP contribution in [0.5, 0.6) is 5.75 Å². The van der Waals surface area contributed by atoms with Crippen LogP contribution in [0.2, 0.25) is 0 Å². The molecule has 2 aliphatic heterocycles. The highest BCUT2D eigenvalue weighted by Crippen LogP contribution is 2.44. The number of para-hydroxylation sites is 1. The third-order valence-electron chi connectivity index (χ3n) is 5.02. The Bertz CT molecular complexity index is 633. The Morgan fingerprint density at radius 3 is 2.65 bits per heavy atom. The predicted molar refractivity (Wildman–Crippen MR) is 101 cm³/mol. The van der Waals surface area contributed by atoms with Crippen LogP contribution in [0.3, 0.4) is 0 Å². The van der Waals surface area contributed by atoms with E-state index in [0.29, 0.717) is 19.7 Å². The summed E-state index contributed by atoms with van der Waals surface area (Å²) in [6.07, 6.45) is 2.29. The second-order valence-corrected chi connectivity index (χ2v) is 8.28. The number of nitrogens with zero attached hydrogens (tertiary/aromatic N) is 1. The zero-order valence-corrected chi connectivity index (χ0v) is 16.3. The first-order valence-corrected chi connectivity index (χ1v) is 9.54. The van der Waals surface area contributed by atoms with Gasteiger partial charge in [-0.25, -0.2) is 10.2 Å². The van der Waals surface area contributed by atoms with Gasteiger partial charge in [0.2, 0.25) is 0 Å². The zero-order chi connectivity index (χ0) is 18.8. The summed E-state index contributed by atoms with van der Waals surface area (Å²) in [5.74, 6) is 0.941. The summed E-state index contributed by atoms with van der Waals surface area (Å²) in [5, 5.41) is 0. The van der Waals surface area contributed by atoms with Crippen LogP contribution in [0.4, 0.5) is 4.79 Å². The molecule has 3 rings (SSSR count). The Kier molecular flexibility index (Phi) is 5.44. The molecule has 1 aromatic carbocycles. The molecule has 1 amide bonds. The molecular formula is C20H31N3O3. The van der Waals surface area contributed by atoms with Crippen LogP contribution in [0, 0.1) is 0 Å². The molecule has 0 aromatic heterocycles. The van der Waals surface area contributed by atoms with Crippen LogP contribution in [0.15, 0.2) is 24.3 Å². The number of carbonyl (C=O) groups excluding carboxylic acids is 1. The fourth-order valence-electron chi connectivity index (χ4n) is 3.67. The van der Waals surface area contributed by atoms with Gasteiger partial charge >= 0.3 is 6.09 Å². The summed E-state index contributed by atoms with van der Waals surface area (Å²) in [4.78, 5) is 13.8. The number of hydrogen-bond acceptors (Lipinski definition) is 5. The lowest BCUT2D eigenvalue weighted by Gasteiger charge is -2.47. The summed E-state index contributed by atoms with van der Waals surface area (Å²) < 4.78 is 11.6. The van der Waals surface area contributed by atoms with E-state index in [2.05, 4.69) is 43.8 Å². The summed E-state index contributed by atoms with van der Waals surface area (Å²) >= 11 is 0. The molecule has 0 bridgehead atoms. The molecule has 1 aromatic rings. The Morgan fingerprint density at radius 2 is 2.00 bits per heavy atom. The number of amides is 1. The lowest BCUT2D eigenvalue weighted by Crippen LogP contribution is -2.55. The molecule has 1 spiro atoms. The second kappa shape index (κ2) is 7.45. The monoisotopic (exact) mass is 361 g/mol. The number of hydrogen-bond donors (Lipinski definition) is 2. The summed E-state index contributed by atoms with van der Waals surface area (Å²) in [5.41, 5.74) is 7.84. The number of likely N-dealkylation sites (tertiary alicyclic amines) is 1. The number of hydrazine groups is 1. The van der Waals surface area contributed by atoms with Crippen LogP contribution < -0.4 is 15.6 Å². The highest BCUT2D eigenvalue weighted by Gasteiger charge is 2.44. The number of rotatable bonds is 3. The number of benzene rings is 1. The Hall–Kier alpha value is -1.79. The molecule has 0 aliphatic carbocycles. The van der Waals surface area contributed by atoms with E-state index in [0.717, 1.165) is 25.0 Å². The topological polar surface area (TPSA) is 62.8 Å². The molecular weight excluding hydrogens is 330 g/mol. The number of ether oxygens (including phenoxy) is 2. The van der Waals surface area contributed by atoms with Crippen molar-refractivity contribution in [2.45, 2.75) is 64.1 Å². The average Bonchev–Trinajstić information content (AvgIpc) is 2.60. The molecule has 2 heterocycles. The maximum atomic E-state index is 12.0. The minimum absolute atomic E-state index is 0.0202. The second-order valence-electron chi connectivity index (χ2n) is 8.28. The zero-order valence-electron chi connectivity index (χ0n) is 16.3. The van der Waals surface area contributed by atoms with Gasteiger partial charge < -0.3 is 14.4 Å². The fraction of sp³-hybridized carbons (Fsp3) is 0.650. The van der Waals surface area contributed by atoms with Gasteiger partial charge in [0.15, 0.2) is 0 Å². The molecule has 6 nitrogen and oxygen atoms in total. The Labute approximate surface area is 156 Å². The molecule has 6 heteroatoms. The summed E-state index contributed by atoms with van der Waals surface area (Å²) in [6, 6.07) is 8.40. The van der Waals surface area contributed by atoms with Crippen molar-refractivity contribution in [3.8, 4) is 5.75 Å². The van der Waals surface area contributed by atoms with Crippen molar-refractivity contribution in [3.05, 3.63) is 29.8 Å². The molecule has 1 unspecified atom stereocenters. The van der Waals surface area contributed by atoms with Crippen LogP contribution >= 0.6 is 0 Å². The van der Waals surface area contributed by atoms with Gasteiger partial charge in [0.25, 0.3) is 0 Å². The van der Waals surface area contributed by atoms with Gasteiger partial charge in [-0.2, -0.15) is 0 Å². The third kappa shape index (κ3) is 4.30. The van der Waals surface area contributed by atoms with Gasteiger partial charge in [0, 0.05) is 43.5 Å². The lowest BCUT2D eigenvalue weighted by molar-refractivity contribution is -0.0263. The summed E-state index contributed by atoms with van der Waals surface area (Å²) in [6.45, 7) is 10.00. The van der Waals surface area contributed by atoms with Gasteiger partial charge in [0.05, 0.1) is 12.6 Å². The normalized spacial score (nSPS) is 21.8. The molecule has 0 saturated carbocycles. The number of carbonyl (C=O) groups is 1. The van der Waals surface area contributed by atoms with E-state index in [-0.39, 0.29) is 23.3 Å². The molecule has 1 atom stereocenters. The van der Waals surface area contributed by atoms with Gasteiger partial charge in [-0.3, -0.25) is 5.43 Å². The Morgan fingerprint density at radius 1 is 1.31 bits per heavy atom. The van der Waals surface area contributed by atoms with Gasteiger partial charge in [-0.1, -0.05) is 18.2 Å². The van der Waals surface area contributed by atoms with E-state index in [1.165, 1.54) is 5.56 Å². The van der Waals surface area contributed by atoms with Crippen LogP contribution in [0.25, 0.3) is 0 Å². The molecule has 26 heavy (non-hydrogen) atoms. The van der Waals surface area contributed by atoms with Crippen molar-refractivity contribution in [2.24, 2.45) is 0 Å². The SMILES string of the molecule is CCOC(=O)N1CCC2(CC1)CC(NNC(C)(C)C)c1ccccc1O2. The van der Waals surface area contributed by atoms with Crippen LogP contribution in [0.1, 0.15) is 58.6 Å². The highest BCUT2D eigenvalue weighted by atomic mass is 16.6. The van der Waals surface area contributed by atoms with Crippen molar-refractivity contribution in [1.82, 2.24) is 15.8 Å². The quantitative estimate of drug-likeness (QED) is 0.808. The summed E-state index contributed by atoms with van der Waals surface area (Å²) in [7, 11) is 0. The van der Waals surface area contributed by atoms with Crippen molar-refractivity contribution < 1.29 is 14.3 Å². The number of fused-ring (bicyclic) bond motifs is 1. The first-order valence-electron chi connectivity index (χ1n) is 9.54. The molecule has 144 valence electrons. The van der Waals surface area contributed by atoms with Crippen molar-refractivity contribution in [1.29, 1.82) is 0 Å². The first kappa shape index (κ1) is 19.0. The smallest absolute Gasteiger partial charge is 0.409 e. The third-order valence-corrected chi connectivity index (χ3v) is 5.02. The predicted octanol–water partition coefficient (Wildman–Crippen LogP) is 3.39. The van der Waals surface area contributed by atoms with E-state index in [9.17, 15) is 4.79 Å². The molecule has 1 saturated heterocycles. The minimum atomic E-state index is -0.241. The molecule has 2 aliphatic rings. The fourth-order valence-corrected chi connectivity index (χ4v) is 3.67. The standard InChI is InChI=1S/C20H31N3O3/c1-5-25-18(24)23-12-10-20(11-13-23)14-16(21-22-19(2,3)4)15-8-6-7-9-17(15)26-20/h6-9,16,21-22H,5,10-14H2,1-4H3. The number of nitrogens with one attached hydrogen (secondary N) is 2. The molecule has 1 fully saturated rings. The van der Waals surface area contributed by atoms with Crippen LogP contribution in [-0.4, -0.2) is 41.8 Å². The lowest BCUT2D eigenvalue weighted by atomic mass is 9.81. The minimum Gasteiger partial charge on any atom is -0.487 e. The van der Waals surface area contributed by atoms with E-state index >= 15 is 0 Å². The van der Waals surface area contributed by atoms with E-state index < -0.39 is 0 Å². The van der Waals surface area contributed by atoms with E-state index in [1.807, 2.05) is 19.1 Å². The van der Waals surface area contributed by atoms with Gasteiger partial charge in [0.1, 0.15) is 11.4 Å². The molecule has 0 radical (unpaired) electrons. The Balaban J connectivity index is 1.73. The maximum absolute atomic E-state index is 12.0. The largest absolute Gasteiger partial charge is 0.487 e. The van der Waals surface area contributed by atoms with Crippen molar-refractivity contribution in [3.63, 3.8) is 0 Å². The highest BCUT2D eigenvalue weighted by molar-refractivity contribution is 5.67. The first-order chi connectivity index (χ1) is 12.3. The van der Waals surface area contributed by atoms with E-state index in [4.69, 9.17) is 9.47 Å². The van der Waals surface area contributed by atoms with Crippen LogP contribution in [-0.2, 0) is 4.74 Å². The maximum Gasteiger partial charge on any atom is 0.409 e. The van der Waals surface area contributed by atoms with Gasteiger partial charge in [-0.05, 0) is 33.8 Å². The van der Waals surface area contributed by atoms with Crippen molar-refractivity contribution >= 4 is 6.09 Å².